The van der Waals surface area contributed by atoms with Gasteiger partial charge in [0.1, 0.15) is 22.8 Å². The van der Waals surface area contributed by atoms with Gasteiger partial charge in [0.25, 0.3) is 0 Å². The number of carbonyl (C=O) groups is 2. The summed E-state index contributed by atoms with van der Waals surface area (Å²) >= 11 is 0. The molecule has 1 spiro atoms. The molecule has 2 fully saturated rings. The normalized spacial score (nSPS) is 18.8. The first-order valence-corrected chi connectivity index (χ1v) is 12.8. The fourth-order valence-corrected chi connectivity index (χ4v) is 5.07. The van der Waals surface area contributed by atoms with Gasteiger partial charge in [-0.05, 0) is 61.7 Å². The van der Waals surface area contributed by atoms with Crippen molar-refractivity contribution >= 4 is 17.8 Å². The molecule has 0 atom stereocenters. The van der Waals surface area contributed by atoms with Crippen LogP contribution >= 0.6 is 0 Å². The smallest absolute Gasteiger partial charge is 0.410 e. The van der Waals surface area contributed by atoms with Crippen molar-refractivity contribution in [1.82, 2.24) is 9.80 Å². The first-order chi connectivity index (χ1) is 17.6. The van der Waals surface area contributed by atoms with Crippen molar-refractivity contribution in [2.24, 2.45) is 0 Å². The summed E-state index contributed by atoms with van der Waals surface area (Å²) in [6.07, 6.45) is 1.91. The summed E-state index contributed by atoms with van der Waals surface area (Å²) in [7, 11) is 0. The van der Waals surface area contributed by atoms with E-state index in [1.807, 2.05) is 45.0 Å². The summed E-state index contributed by atoms with van der Waals surface area (Å²) in [6, 6.07) is 10.4. The number of urea groups is 1. The Morgan fingerprint density at radius 2 is 1.65 bits per heavy atom. The summed E-state index contributed by atoms with van der Waals surface area (Å²) in [5.41, 5.74) is 1.99. The second-order valence-electron chi connectivity index (χ2n) is 11.0. The van der Waals surface area contributed by atoms with Crippen molar-refractivity contribution in [2.45, 2.75) is 51.2 Å². The number of benzene rings is 2. The van der Waals surface area contributed by atoms with Gasteiger partial charge >= 0.3 is 12.1 Å². The molecule has 9 heteroatoms. The minimum absolute atomic E-state index is 0.153. The molecule has 2 aromatic carbocycles. The third kappa shape index (κ3) is 5.66. The molecule has 3 aliphatic rings. The van der Waals surface area contributed by atoms with E-state index < -0.39 is 11.4 Å². The van der Waals surface area contributed by atoms with Gasteiger partial charge < -0.3 is 29.3 Å². The molecule has 3 aliphatic heterocycles. The van der Waals surface area contributed by atoms with E-state index in [9.17, 15) is 14.0 Å². The maximum absolute atomic E-state index is 14.9. The number of amides is 3. The Morgan fingerprint density at radius 1 is 0.973 bits per heavy atom. The lowest BCUT2D eigenvalue weighted by atomic mass is 9.86. The quantitative estimate of drug-likeness (QED) is 0.610. The zero-order valence-electron chi connectivity index (χ0n) is 21.6. The molecule has 5 rings (SSSR count). The van der Waals surface area contributed by atoms with Gasteiger partial charge in [0.05, 0.1) is 18.9 Å². The molecule has 0 aliphatic carbocycles. The van der Waals surface area contributed by atoms with Crippen LogP contribution in [0.15, 0.2) is 36.4 Å². The standard InChI is InChI=1S/C28H34FN3O5/c1-27(2,3)37-26(34)32-10-8-28(9-11-32)18-21-16-19(5-7-24(21)36-28)20-4-6-23(22(29)17-20)30-25(33)31-12-14-35-15-13-31/h4-7,16-17H,8-15,18H2,1-3H3,(H,30,33). The van der Waals surface area contributed by atoms with Crippen LogP contribution in [0.5, 0.6) is 5.75 Å². The van der Waals surface area contributed by atoms with Crippen LogP contribution in [-0.2, 0) is 15.9 Å². The molecule has 0 radical (unpaired) electrons. The maximum atomic E-state index is 14.9. The SMILES string of the molecule is CC(C)(C)OC(=O)N1CCC2(CC1)Cc1cc(-c3ccc(NC(=O)N4CCOCC4)c(F)c3)ccc1O2. The van der Waals surface area contributed by atoms with Crippen molar-refractivity contribution in [3.05, 3.63) is 47.8 Å². The van der Waals surface area contributed by atoms with Crippen LogP contribution in [0.4, 0.5) is 19.7 Å². The largest absolute Gasteiger partial charge is 0.487 e. The molecule has 3 amide bonds. The van der Waals surface area contributed by atoms with Gasteiger partial charge in [-0.15, -0.1) is 0 Å². The molecule has 3 heterocycles. The number of nitrogens with one attached hydrogen (secondary N) is 1. The van der Waals surface area contributed by atoms with E-state index in [0.29, 0.717) is 39.4 Å². The van der Waals surface area contributed by atoms with Gasteiger partial charge in [0.15, 0.2) is 0 Å². The van der Waals surface area contributed by atoms with Crippen LogP contribution in [0.1, 0.15) is 39.2 Å². The number of fused-ring (bicyclic) bond motifs is 1. The first kappa shape index (κ1) is 25.3. The number of likely N-dealkylation sites (tertiary alicyclic amines) is 1. The first-order valence-electron chi connectivity index (χ1n) is 12.8. The molecule has 2 saturated heterocycles. The molecule has 198 valence electrons. The number of halogens is 1. The predicted molar refractivity (Wildman–Crippen MR) is 137 cm³/mol. The molecule has 0 unspecified atom stereocenters. The van der Waals surface area contributed by atoms with E-state index in [4.69, 9.17) is 14.2 Å². The van der Waals surface area contributed by atoms with Crippen molar-refractivity contribution < 1.29 is 28.2 Å². The lowest BCUT2D eigenvalue weighted by Crippen LogP contribution is -2.50. The number of ether oxygens (including phenoxy) is 3. The van der Waals surface area contributed by atoms with Gasteiger partial charge in [0.2, 0.25) is 0 Å². The minimum atomic E-state index is -0.519. The van der Waals surface area contributed by atoms with Crippen molar-refractivity contribution in [1.29, 1.82) is 0 Å². The van der Waals surface area contributed by atoms with Crippen LogP contribution in [0, 0.1) is 5.82 Å². The molecule has 0 bridgehead atoms. The van der Waals surface area contributed by atoms with Crippen LogP contribution in [0.25, 0.3) is 11.1 Å². The predicted octanol–water partition coefficient (Wildman–Crippen LogP) is 5.06. The topological polar surface area (TPSA) is 80.3 Å². The van der Waals surface area contributed by atoms with Crippen molar-refractivity contribution in [2.75, 3.05) is 44.7 Å². The Labute approximate surface area is 216 Å². The average Bonchev–Trinajstić information content (AvgIpc) is 3.21. The zero-order valence-corrected chi connectivity index (χ0v) is 21.6. The fraction of sp³-hybridized carbons (Fsp3) is 0.500. The van der Waals surface area contributed by atoms with E-state index in [0.717, 1.165) is 41.7 Å². The summed E-state index contributed by atoms with van der Waals surface area (Å²) in [4.78, 5) is 28.2. The highest BCUT2D eigenvalue weighted by molar-refractivity contribution is 5.90. The summed E-state index contributed by atoms with van der Waals surface area (Å²) in [5.74, 6) is 0.353. The van der Waals surface area contributed by atoms with E-state index >= 15 is 0 Å². The monoisotopic (exact) mass is 511 g/mol. The van der Waals surface area contributed by atoms with Gasteiger partial charge in [-0.1, -0.05) is 12.1 Å². The second kappa shape index (κ2) is 9.85. The van der Waals surface area contributed by atoms with E-state index in [1.54, 1.807) is 15.9 Å². The molecular weight excluding hydrogens is 477 g/mol. The van der Waals surface area contributed by atoms with Gasteiger partial charge in [-0.25, -0.2) is 14.0 Å². The molecule has 37 heavy (non-hydrogen) atoms. The third-order valence-corrected chi connectivity index (χ3v) is 7.07. The number of carbonyl (C=O) groups excluding carboxylic acids is 2. The maximum Gasteiger partial charge on any atom is 0.410 e. The molecule has 2 aromatic rings. The minimum Gasteiger partial charge on any atom is -0.487 e. The van der Waals surface area contributed by atoms with E-state index in [-0.39, 0.29) is 23.4 Å². The lowest BCUT2D eigenvalue weighted by molar-refractivity contribution is -0.00888. The van der Waals surface area contributed by atoms with Crippen LogP contribution in [-0.4, -0.2) is 72.5 Å². The Hall–Kier alpha value is -3.33. The van der Waals surface area contributed by atoms with Crippen LogP contribution in [0.3, 0.4) is 0 Å². The summed E-state index contributed by atoms with van der Waals surface area (Å²) < 4.78 is 32.1. The third-order valence-electron chi connectivity index (χ3n) is 7.07. The van der Waals surface area contributed by atoms with Gasteiger partial charge in [-0.2, -0.15) is 0 Å². The summed E-state index contributed by atoms with van der Waals surface area (Å²) in [6.45, 7) is 8.72. The number of hydrogen-bond donors (Lipinski definition) is 1. The number of hydrogen-bond acceptors (Lipinski definition) is 5. The average molecular weight is 512 g/mol. The summed E-state index contributed by atoms with van der Waals surface area (Å²) in [5, 5.41) is 2.66. The molecule has 8 nitrogen and oxygen atoms in total. The molecule has 0 aromatic heterocycles. The Balaban J connectivity index is 1.23. The second-order valence-corrected chi connectivity index (χ2v) is 11.0. The Bertz CT molecular complexity index is 1180. The van der Waals surface area contributed by atoms with Gasteiger partial charge in [0, 0.05) is 45.4 Å². The highest BCUT2D eigenvalue weighted by Gasteiger charge is 2.43. The molecule has 1 N–H and O–H groups in total. The number of rotatable bonds is 2. The van der Waals surface area contributed by atoms with Gasteiger partial charge in [-0.3, -0.25) is 0 Å². The van der Waals surface area contributed by atoms with E-state index in [1.165, 1.54) is 6.07 Å². The molecular formula is C28H34FN3O5. The highest BCUT2D eigenvalue weighted by Crippen LogP contribution is 2.43. The molecule has 0 saturated carbocycles. The van der Waals surface area contributed by atoms with Crippen molar-refractivity contribution in [3.63, 3.8) is 0 Å². The number of piperidine rings is 1. The fourth-order valence-electron chi connectivity index (χ4n) is 5.07. The highest BCUT2D eigenvalue weighted by atomic mass is 19.1. The van der Waals surface area contributed by atoms with Crippen LogP contribution in [0.2, 0.25) is 0 Å². The van der Waals surface area contributed by atoms with E-state index in [2.05, 4.69) is 5.32 Å². The lowest BCUT2D eigenvalue weighted by Gasteiger charge is -2.39. The zero-order chi connectivity index (χ0) is 26.2. The Morgan fingerprint density at radius 3 is 2.32 bits per heavy atom. The number of morpholine rings is 1. The van der Waals surface area contributed by atoms with Crippen LogP contribution < -0.4 is 10.1 Å². The van der Waals surface area contributed by atoms with Crippen molar-refractivity contribution in [3.8, 4) is 16.9 Å². The number of nitrogens with zero attached hydrogens (tertiary/aromatic N) is 2. The number of anilines is 1. The Kier molecular flexibility index (Phi) is 6.74.